The van der Waals surface area contributed by atoms with Gasteiger partial charge in [-0.05, 0) is 44.2 Å². The molecule has 0 amide bonds. The van der Waals surface area contributed by atoms with Crippen molar-refractivity contribution in [2.45, 2.75) is 44.7 Å². The summed E-state index contributed by atoms with van der Waals surface area (Å²) < 4.78 is 12.7. The minimum Gasteiger partial charge on any atom is -0.343 e. The van der Waals surface area contributed by atoms with E-state index in [2.05, 4.69) is 4.99 Å². The van der Waals surface area contributed by atoms with Crippen LogP contribution >= 0.6 is 11.8 Å². The lowest BCUT2D eigenvalue weighted by atomic mass is 9.68. The maximum absolute atomic E-state index is 12.9. The van der Waals surface area contributed by atoms with Crippen molar-refractivity contribution in [3.63, 3.8) is 0 Å². The third-order valence-corrected chi connectivity index (χ3v) is 7.03. The number of hydrogen-bond acceptors (Lipinski definition) is 6. The van der Waals surface area contributed by atoms with Gasteiger partial charge in [-0.1, -0.05) is 54.6 Å². The Labute approximate surface area is 185 Å². The van der Waals surface area contributed by atoms with Crippen LogP contribution in [0.15, 0.2) is 71.4 Å². The van der Waals surface area contributed by atoms with Crippen molar-refractivity contribution < 1.29 is 19.1 Å². The van der Waals surface area contributed by atoms with Crippen molar-refractivity contribution in [3.8, 4) is 0 Å². The van der Waals surface area contributed by atoms with E-state index in [1.54, 1.807) is 6.08 Å². The van der Waals surface area contributed by atoms with E-state index in [-0.39, 0.29) is 23.2 Å². The molecule has 0 radical (unpaired) electrons. The number of Topliss-reactive ketones (excluding diaryl/α,β-unsaturated/α-hetero) is 1. The Morgan fingerprint density at radius 1 is 1.03 bits per heavy atom. The van der Waals surface area contributed by atoms with Crippen molar-refractivity contribution in [1.82, 2.24) is 0 Å². The highest BCUT2D eigenvalue weighted by molar-refractivity contribution is 8.27. The fourth-order valence-electron chi connectivity index (χ4n) is 4.80. The summed E-state index contributed by atoms with van der Waals surface area (Å²) in [5.41, 5.74) is 2.12. The topological polar surface area (TPSA) is 65.0 Å². The number of hydrogen-bond donors (Lipinski definition) is 0. The van der Waals surface area contributed by atoms with E-state index in [4.69, 9.17) is 9.47 Å². The van der Waals surface area contributed by atoms with Crippen molar-refractivity contribution >= 4 is 27.7 Å². The Balaban J connectivity index is 1.56. The third kappa shape index (κ3) is 3.49. The molecular formula is C25H23NO4S. The second-order valence-corrected chi connectivity index (χ2v) is 9.66. The van der Waals surface area contributed by atoms with Crippen LogP contribution in [0.1, 0.15) is 48.7 Å². The van der Waals surface area contributed by atoms with Crippen molar-refractivity contribution in [1.29, 1.82) is 0 Å². The van der Waals surface area contributed by atoms with Crippen molar-refractivity contribution in [3.05, 3.63) is 83.1 Å². The lowest BCUT2D eigenvalue weighted by molar-refractivity contribution is -0.350. The Morgan fingerprint density at radius 3 is 2.52 bits per heavy atom. The molecule has 1 aliphatic carbocycles. The highest BCUT2D eigenvalue weighted by Crippen LogP contribution is 2.51. The van der Waals surface area contributed by atoms with Gasteiger partial charge in [-0.2, -0.15) is 0 Å². The zero-order valence-corrected chi connectivity index (χ0v) is 18.4. The summed E-state index contributed by atoms with van der Waals surface area (Å²) in [5, 5.41) is 0.562. The first-order valence-electron chi connectivity index (χ1n) is 10.4. The van der Waals surface area contributed by atoms with Gasteiger partial charge in [0, 0.05) is 23.5 Å². The largest absolute Gasteiger partial charge is 0.343 e. The van der Waals surface area contributed by atoms with Gasteiger partial charge in [0.15, 0.2) is 11.6 Å². The Bertz CT molecular complexity index is 1140. The van der Waals surface area contributed by atoms with Crippen molar-refractivity contribution in [2.24, 2.45) is 10.9 Å². The van der Waals surface area contributed by atoms with Gasteiger partial charge in [0.1, 0.15) is 16.3 Å². The van der Waals surface area contributed by atoms with Gasteiger partial charge >= 0.3 is 0 Å². The number of benzene rings is 2. The second kappa shape index (κ2) is 7.26. The van der Waals surface area contributed by atoms with E-state index < -0.39 is 17.5 Å². The summed E-state index contributed by atoms with van der Waals surface area (Å²) >= 11 is 1.12. The molecule has 3 aliphatic rings. The molecule has 1 fully saturated rings. The van der Waals surface area contributed by atoms with Gasteiger partial charge in [0.05, 0.1) is 6.10 Å². The maximum Gasteiger partial charge on any atom is 0.243 e. The number of nitrogens with zero attached hydrogens (tertiary/aromatic N) is 1. The van der Waals surface area contributed by atoms with E-state index in [9.17, 15) is 9.59 Å². The fraction of sp³-hybridized carbons (Fsp3) is 0.320. The molecule has 5 nitrogen and oxygen atoms in total. The summed E-state index contributed by atoms with van der Waals surface area (Å²) in [5.74, 6) is -1.08. The Kier molecular flexibility index (Phi) is 4.77. The SMILES string of the molecule is CC1(C)O[C@H](/C=C2/N=C(c3ccccc3)SC2=O)[C@@H]2CC(=O)c3ccccc3[C@]2(C)O1. The average molecular weight is 434 g/mol. The second-order valence-electron chi connectivity index (χ2n) is 8.70. The predicted octanol–water partition coefficient (Wildman–Crippen LogP) is 4.86. The van der Waals surface area contributed by atoms with Crippen LogP contribution in [0.25, 0.3) is 0 Å². The number of thioether (sulfide) groups is 1. The highest BCUT2D eigenvalue weighted by Gasteiger charge is 2.55. The fourth-order valence-corrected chi connectivity index (χ4v) is 5.59. The van der Waals surface area contributed by atoms with Crippen LogP contribution in [0.4, 0.5) is 0 Å². The normalized spacial score (nSPS) is 30.7. The van der Waals surface area contributed by atoms with Gasteiger partial charge in [0.25, 0.3) is 0 Å². The number of aliphatic imine (C=N–C) groups is 1. The molecule has 0 N–H and O–H groups in total. The molecule has 0 unspecified atom stereocenters. The van der Waals surface area contributed by atoms with E-state index in [0.717, 1.165) is 22.9 Å². The summed E-state index contributed by atoms with van der Waals surface area (Å²) in [6.07, 6.45) is 1.58. The molecule has 5 rings (SSSR count). The number of carbonyl (C=O) groups is 2. The van der Waals surface area contributed by atoms with Gasteiger partial charge in [0.2, 0.25) is 5.12 Å². The zero-order valence-electron chi connectivity index (χ0n) is 17.6. The lowest BCUT2D eigenvalue weighted by Gasteiger charge is -2.53. The van der Waals surface area contributed by atoms with Crippen LogP contribution in [-0.2, 0) is 19.9 Å². The van der Waals surface area contributed by atoms with Crippen LogP contribution in [0.5, 0.6) is 0 Å². The monoisotopic (exact) mass is 433 g/mol. The molecule has 1 saturated heterocycles. The smallest absolute Gasteiger partial charge is 0.243 e. The average Bonchev–Trinajstić information content (AvgIpc) is 3.10. The highest BCUT2D eigenvalue weighted by atomic mass is 32.2. The van der Waals surface area contributed by atoms with E-state index in [1.807, 2.05) is 75.4 Å². The van der Waals surface area contributed by atoms with Crippen LogP contribution in [0.3, 0.4) is 0 Å². The molecule has 0 saturated carbocycles. The van der Waals surface area contributed by atoms with Gasteiger partial charge < -0.3 is 9.47 Å². The molecule has 2 aliphatic heterocycles. The standard InChI is InChI=1S/C25H23NO4S/c1-24(2)29-21(14-19-23(28)31-22(26-19)15-9-5-4-6-10-15)18-13-20(27)16-11-7-8-12-17(16)25(18,3)30-24/h4-12,14,18,21H,13H2,1-3H3/b19-14+/t18-,21+,25-/m0/s1. The summed E-state index contributed by atoms with van der Waals surface area (Å²) in [4.78, 5) is 30.2. The Morgan fingerprint density at radius 2 is 1.74 bits per heavy atom. The zero-order chi connectivity index (χ0) is 21.8. The van der Waals surface area contributed by atoms with Crippen LogP contribution in [-0.4, -0.2) is 27.8 Å². The van der Waals surface area contributed by atoms with E-state index in [0.29, 0.717) is 16.3 Å². The summed E-state index contributed by atoms with van der Waals surface area (Å²) in [7, 11) is 0. The minimum absolute atomic E-state index is 0.0639. The summed E-state index contributed by atoms with van der Waals surface area (Å²) in [6, 6.07) is 17.2. The molecule has 158 valence electrons. The molecule has 2 heterocycles. The lowest BCUT2D eigenvalue weighted by Crippen LogP contribution is -2.57. The van der Waals surface area contributed by atoms with Crippen LogP contribution in [0.2, 0.25) is 0 Å². The molecule has 0 bridgehead atoms. The first-order valence-corrected chi connectivity index (χ1v) is 11.2. The molecule has 2 aromatic rings. The molecular weight excluding hydrogens is 410 g/mol. The molecule has 0 spiro atoms. The van der Waals surface area contributed by atoms with Crippen LogP contribution in [0, 0.1) is 5.92 Å². The third-order valence-electron chi connectivity index (χ3n) is 6.11. The van der Waals surface area contributed by atoms with Crippen molar-refractivity contribution in [2.75, 3.05) is 0 Å². The first-order chi connectivity index (χ1) is 14.8. The molecule has 2 aromatic carbocycles. The van der Waals surface area contributed by atoms with E-state index in [1.165, 1.54) is 0 Å². The number of ketones is 1. The Hall–Kier alpha value is -2.54. The quantitative estimate of drug-likeness (QED) is 0.633. The van der Waals surface area contributed by atoms with Crippen LogP contribution < -0.4 is 0 Å². The predicted molar refractivity (Wildman–Crippen MR) is 120 cm³/mol. The number of rotatable bonds is 2. The summed E-state index contributed by atoms with van der Waals surface area (Å²) in [6.45, 7) is 5.74. The molecule has 31 heavy (non-hydrogen) atoms. The number of carbonyl (C=O) groups excluding carboxylic acids is 2. The number of fused-ring (bicyclic) bond motifs is 3. The van der Waals surface area contributed by atoms with Gasteiger partial charge in [-0.25, -0.2) is 4.99 Å². The first kappa shape index (κ1) is 20.4. The molecule has 3 atom stereocenters. The van der Waals surface area contributed by atoms with Gasteiger partial charge in [-0.15, -0.1) is 0 Å². The maximum atomic E-state index is 12.9. The molecule has 6 heteroatoms. The molecule has 0 aromatic heterocycles. The van der Waals surface area contributed by atoms with E-state index >= 15 is 0 Å². The van der Waals surface area contributed by atoms with Gasteiger partial charge in [-0.3, -0.25) is 9.59 Å². The minimum atomic E-state index is -0.888. The number of ether oxygens (including phenoxy) is 2.